The Labute approximate surface area is 198 Å². The normalized spacial score (nSPS) is 9.47. The smallest absolute Gasteiger partial charge is 0.120 e. The van der Waals surface area contributed by atoms with Gasteiger partial charge in [0.25, 0.3) is 0 Å². The number of hydrogen-bond acceptors (Lipinski definition) is 2. The molecule has 2 rings (SSSR count). The first-order valence-electron chi connectivity index (χ1n) is 9.06. The van der Waals surface area contributed by atoms with Crippen molar-refractivity contribution in [1.29, 1.82) is 0 Å². The molecule has 2 aromatic heterocycles. The molecule has 178 valence electrons. The third-order valence-corrected chi connectivity index (χ3v) is 3.92. The van der Waals surface area contributed by atoms with Crippen LogP contribution in [0.2, 0.25) is 0 Å². The average Bonchev–Trinajstić information content (AvgIpc) is 3.22. The fraction of sp³-hybridized carbons (Fsp3) is 0.667. The third kappa shape index (κ3) is 10.3. The van der Waals surface area contributed by atoms with Crippen LogP contribution in [0.25, 0.3) is 10.8 Å². The van der Waals surface area contributed by atoms with Crippen LogP contribution in [-0.2, 0) is 33.0 Å². The fourth-order valence-electron chi connectivity index (χ4n) is 2.43. The van der Waals surface area contributed by atoms with Gasteiger partial charge >= 0.3 is 0 Å². The zero-order chi connectivity index (χ0) is 22.6. The van der Waals surface area contributed by atoms with E-state index >= 15 is 0 Å². The molecule has 0 bridgehead atoms. The molecule has 0 atom stereocenters. The van der Waals surface area contributed by atoms with Crippen LogP contribution in [0.4, 0.5) is 0 Å². The average molecular weight is 510 g/mol. The number of nitroso groups, excluding NO2 is 2. The number of hydrogen-bond donors (Lipinski definition) is 0. The summed E-state index contributed by atoms with van der Waals surface area (Å²) in [6.45, 7) is 16.4. The molecule has 0 saturated heterocycles. The predicted octanol–water partition coefficient (Wildman–Crippen LogP) is 2.94. The first kappa shape index (κ1) is 35.6. The van der Waals surface area contributed by atoms with E-state index in [0.29, 0.717) is 35.4 Å². The minimum absolute atomic E-state index is 0. The van der Waals surface area contributed by atoms with Gasteiger partial charge in [0.2, 0.25) is 0 Å². The third-order valence-electron chi connectivity index (χ3n) is 3.92. The van der Waals surface area contributed by atoms with Gasteiger partial charge in [0, 0.05) is 44.2 Å². The van der Waals surface area contributed by atoms with Gasteiger partial charge in [-0.05, 0) is 49.0 Å². The van der Waals surface area contributed by atoms with E-state index in [9.17, 15) is 10.8 Å². The van der Waals surface area contributed by atoms with E-state index in [1.54, 1.807) is 0 Å². The van der Waals surface area contributed by atoms with Gasteiger partial charge < -0.3 is 29.1 Å². The van der Waals surface area contributed by atoms with Crippen LogP contribution >= 0.6 is 0 Å². The van der Waals surface area contributed by atoms with Crippen LogP contribution in [0.5, 0.6) is 0 Å². The monoisotopic (exact) mass is 508 g/mol. The standard InChI is InChI=1S/2C9H16N3.2NO.2Ni/c2*1-7(2)11-5-6-12(8(3)4)9(11)10;2*1-2;;/h2*5-8H,1-4H3;;;;/q2*-1;;;;. The molecular formula is C18H32N8Ni2O2-2. The zero-order valence-corrected chi connectivity index (χ0v) is 20.6. The first-order chi connectivity index (χ1) is 13.1. The number of rotatable bonds is 4. The summed E-state index contributed by atoms with van der Waals surface area (Å²) in [7, 11) is 0. The van der Waals surface area contributed by atoms with Crippen molar-refractivity contribution in [3.63, 3.8) is 0 Å². The Morgan fingerprint density at radius 2 is 0.667 bits per heavy atom. The summed E-state index contributed by atoms with van der Waals surface area (Å²) < 4.78 is 7.39. The molecule has 2 radical (unpaired) electrons. The Balaban J connectivity index is -0.000000183. The van der Waals surface area contributed by atoms with Gasteiger partial charge in [0.15, 0.2) is 0 Å². The van der Waals surface area contributed by atoms with E-state index in [0.717, 1.165) is 0 Å². The summed E-state index contributed by atoms with van der Waals surface area (Å²) in [5.74, 6) is 0. The van der Waals surface area contributed by atoms with Crippen molar-refractivity contribution in [2.45, 2.75) is 79.6 Å². The molecule has 0 saturated carbocycles. The number of nitrogens with zero attached hydrogens (tertiary/aromatic N) is 8. The molecule has 30 heavy (non-hydrogen) atoms. The van der Waals surface area contributed by atoms with E-state index in [1.165, 1.54) is 0 Å². The Bertz CT molecular complexity index is 667. The van der Waals surface area contributed by atoms with Crippen LogP contribution in [0.1, 0.15) is 79.6 Å². The molecule has 0 aromatic carbocycles. The Morgan fingerprint density at radius 3 is 0.733 bits per heavy atom. The molecule has 0 fully saturated rings. The molecule has 0 aliphatic rings. The van der Waals surface area contributed by atoms with E-state index in [4.69, 9.17) is 21.0 Å². The van der Waals surface area contributed by atoms with Gasteiger partial charge in [-0.15, -0.1) is 9.81 Å². The van der Waals surface area contributed by atoms with E-state index < -0.39 is 0 Å². The summed E-state index contributed by atoms with van der Waals surface area (Å²) in [5.41, 5.74) is 12.2. The van der Waals surface area contributed by atoms with E-state index in [2.05, 4.69) is 0 Å². The quantitative estimate of drug-likeness (QED) is 0.584. The van der Waals surface area contributed by atoms with Crippen LogP contribution in [0.3, 0.4) is 0 Å². The van der Waals surface area contributed by atoms with E-state index in [-0.39, 0.29) is 33.0 Å². The summed E-state index contributed by atoms with van der Waals surface area (Å²) in [6, 6.07) is 1.24. The molecule has 0 amide bonds. The topological polar surface area (TPSA) is 143 Å². The summed E-state index contributed by atoms with van der Waals surface area (Å²) in [6.07, 6.45) is 7.61. The summed E-state index contributed by atoms with van der Waals surface area (Å²) >= 11 is 0. The Hall–Kier alpha value is -1.79. The maximum Gasteiger partial charge on any atom is 0.120 e. The molecule has 0 unspecified atom stereocenters. The van der Waals surface area contributed by atoms with Gasteiger partial charge in [-0.3, -0.25) is 0 Å². The van der Waals surface area contributed by atoms with Crippen molar-refractivity contribution in [3.8, 4) is 0 Å². The minimum Gasteiger partial charge on any atom is -0.401 e. The summed E-state index contributed by atoms with van der Waals surface area (Å²) in [5, 5.41) is 19.4. The zero-order valence-electron chi connectivity index (χ0n) is 18.6. The van der Waals surface area contributed by atoms with Crippen molar-refractivity contribution in [1.82, 2.24) is 29.5 Å². The van der Waals surface area contributed by atoms with Gasteiger partial charge in [0.1, 0.15) is 11.2 Å². The molecule has 2 heterocycles. The van der Waals surface area contributed by atoms with Crippen molar-refractivity contribution in [3.05, 3.63) is 56.7 Å². The second kappa shape index (κ2) is 18.0. The number of aromatic nitrogens is 4. The van der Waals surface area contributed by atoms with Crippen molar-refractivity contribution in [2.24, 2.45) is 0 Å². The largest absolute Gasteiger partial charge is 0.401 e. The van der Waals surface area contributed by atoms with E-state index in [1.807, 2.05) is 98.4 Å². The Morgan fingerprint density at radius 1 is 0.533 bits per heavy atom. The minimum atomic E-state index is 0. The van der Waals surface area contributed by atoms with Gasteiger partial charge in [-0.1, -0.05) is 55.4 Å². The number of imidazole rings is 2. The molecule has 10 nitrogen and oxygen atoms in total. The predicted molar refractivity (Wildman–Crippen MR) is 110 cm³/mol. The maximum absolute atomic E-state index is 9.70. The van der Waals surface area contributed by atoms with Gasteiger partial charge in [0.05, 0.1) is 0 Å². The van der Waals surface area contributed by atoms with Crippen LogP contribution < -0.4 is 22.4 Å². The molecule has 0 N–H and O–H groups in total. The Kier molecular flexibility index (Phi) is 21.4. The molecule has 0 aliphatic carbocycles. The first-order valence-corrected chi connectivity index (χ1v) is 9.06. The van der Waals surface area contributed by atoms with Crippen LogP contribution in [-0.4, -0.2) is 18.3 Å². The second-order valence-corrected chi connectivity index (χ2v) is 7.20. The van der Waals surface area contributed by atoms with Crippen LogP contribution in [0, 0.1) is 9.81 Å². The maximum atomic E-state index is 9.70. The van der Waals surface area contributed by atoms with Crippen molar-refractivity contribution >= 4 is 0 Å². The fourth-order valence-corrected chi connectivity index (χ4v) is 2.43. The van der Waals surface area contributed by atoms with Gasteiger partial charge in [-0.25, -0.2) is 0 Å². The van der Waals surface area contributed by atoms with Crippen molar-refractivity contribution < 1.29 is 33.0 Å². The molecule has 0 aliphatic heterocycles. The van der Waals surface area contributed by atoms with Gasteiger partial charge in [-0.2, -0.15) is 0 Å². The van der Waals surface area contributed by atoms with Crippen LogP contribution in [0.15, 0.2) is 24.8 Å². The molecule has 12 heteroatoms. The second-order valence-electron chi connectivity index (χ2n) is 7.20. The molecule has 2 aromatic rings. The SMILES string of the molecule is CC(C)n1ccn(C(C)C)c1=[N-].CC(C)n1ccn(C(C)C)c1=[N-].[N]=O.[N]=O.[Ni].[Ni]. The van der Waals surface area contributed by atoms with Crippen molar-refractivity contribution in [2.75, 3.05) is 0 Å². The molecular weight excluding hydrogens is 478 g/mol. The molecule has 0 spiro atoms. The summed E-state index contributed by atoms with van der Waals surface area (Å²) in [4.78, 5) is 14.5.